The maximum absolute atomic E-state index is 13.4. The molecule has 0 atom stereocenters. The SMILES string of the molecule is CCOC(=O)c1cc(CCCBr)ccc1F. The van der Waals surface area contributed by atoms with Crippen LogP contribution in [-0.4, -0.2) is 17.9 Å². The lowest BCUT2D eigenvalue weighted by molar-refractivity contribution is 0.0521. The van der Waals surface area contributed by atoms with Crippen molar-refractivity contribution in [1.29, 1.82) is 0 Å². The van der Waals surface area contributed by atoms with Gasteiger partial charge in [-0.25, -0.2) is 9.18 Å². The van der Waals surface area contributed by atoms with Crippen molar-refractivity contribution >= 4 is 21.9 Å². The van der Waals surface area contributed by atoms with Crippen molar-refractivity contribution in [3.63, 3.8) is 0 Å². The van der Waals surface area contributed by atoms with E-state index >= 15 is 0 Å². The van der Waals surface area contributed by atoms with Gasteiger partial charge >= 0.3 is 5.97 Å². The van der Waals surface area contributed by atoms with E-state index in [0.717, 1.165) is 23.7 Å². The molecule has 0 aromatic heterocycles. The Kier molecular flexibility index (Phi) is 5.46. The van der Waals surface area contributed by atoms with E-state index in [1.165, 1.54) is 6.07 Å². The van der Waals surface area contributed by atoms with E-state index in [1.54, 1.807) is 19.1 Å². The second-order valence-corrected chi connectivity index (χ2v) is 4.12. The van der Waals surface area contributed by atoms with Gasteiger partial charge in [0.05, 0.1) is 12.2 Å². The van der Waals surface area contributed by atoms with E-state index in [9.17, 15) is 9.18 Å². The molecule has 0 aliphatic carbocycles. The Balaban J connectivity index is 2.85. The minimum Gasteiger partial charge on any atom is -0.462 e. The van der Waals surface area contributed by atoms with E-state index in [-0.39, 0.29) is 12.2 Å². The fourth-order valence-electron chi connectivity index (χ4n) is 1.36. The van der Waals surface area contributed by atoms with Crippen molar-refractivity contribution in [2.45, 2.75) is 19.8 Å². The molecule has 0 heterocycles. The van der Waals surface area contributed by atoms with Crippen molar-refractivity contribution < 1.29 is 13.9 Å². The van der Waals surface area contributed by atoms with E-state index in [4.69, 9.17) is 4.74 Å². The minimum absolute atomic E-state index is 0.0222. The van der Waals surface area contributed by atoms with Crippen LogP contribution in [0.2, 0.25) is 0 Å². The molecule has 4 heteroatoms. The van der Waals surface area contributed by atoms with Crippen LogP contribution in [0.3, 0.4) is 0 Å². The van der Waals surface area contributed by atoms with E-state index < -0.39 is 11.8 Å². The summed E-state index contributed by atoms with van der Waals surface area (Å²) in [5, 5.41) is 0.888. The Labute approximate surface area is 103 Å². The molecule has 2 nitrogen and oxygen atoms in total. The van der Waals surface area contributed by atoms with Gasteiger partial charge in [-0.15, -0.1) is 0 Å². The van der Waals surface area contributed by atoms with Crippen LogP contribution in [0.4, 0.5) is 4.39 Å². The first kappa shape index (κ1) is 13.2. The first-order valence-corrected chi connectivity index (χ1v) is 6.32. The fraction of sp³-hybridized carbons (Fsp3) is 0.417. The van der Waals surface area contributed by atoms with Gasteiger partial charge in [-0.1, -0.05) is 22.0 Å². The number of hydrogen-bond acceptors (Lipinski definition) is 2. The Hall–Kier alpha value is -0.900. The molecular formula is C12H14BrFO2. The van der Waals surface area contributed by atoms with Gasteiger partial charge in [0.2, 0.25) is 0 Å². The highest BCUT2D eigenvalue weighted by Gasteiger charge is 2.13. The van der Waals surface area contributed by atoms with Crippen LogP contribution >= 0.6 is 15.9 Å². The summed E-state index contributed by atoms with van der Waals surface area (Å²) in [4.78, 5) is 11.4. The largest absolute Gasteiger partial charge is 0.462 e. The summed E-state index contributed by atoms with van der Waals surface area (Å²) in [6.07, 6.45) is 1.77. The van der Waals surface area contributed by atoms with Crippen molar-refractivity contribution in [2.24, 2.45) is 0 Å². The molecular weight excluding hydrogens is 275 g/mol. The zero-order valence-corrected chi connectivity index (χ0v) is 10.7. The van der Waals surface area contributed by atoms with E-state index in [0.29, 0.717) is 0 Å². The van der Waals surface area contributed by atoms with Gasteiger partial charge in [-0.2, -0.15) is 0 Å². The van der Waals surface area contributed by atoms with Gasteiger partial charge in [-0.05, 0) is 37.5 Å². The molecule has 0 radical (unpaired) electrons. The highest BCUT2D eigenvalue weighted by Crippen LogP contribution is 2.13. The average molecular weight is 289 g/mol. The normalized spacial score (nSPS) is 10.2. The highest BCUT2D eigenvalue weighted by atomic mass is 79.9. The molecule has 0 N–H and O–H groups in total. The maximum atomic E-state index is 13.4. The number of aryl methyl sites for hydroxylation is 1. The van der Waals surface area contributed by atoms with Crippen molar-refractivity contribution in [2.75, 3.05) is 11.9 Å². The molecule has 0 saturated heterocycles. The predicted molar refractivity (Wildman–Crippen MR) is 64.5 cm³/mol. The summed E-state index contributed by atoms with van der Waals surface area (Å²) in [6, 6.07) is 4.58. The van der Waals surface area contributed by atoms with E-state index in [2.05, 4.69) is 15.9 Å². The van der Waals surface area contributed by atoms with Gasteiger partial charge in [0, 0.05) is 5.33 Å². The van der Waals surface area contributed by atoms with Gasteiger partial charge in [0.1, 0.15) is 5.82 Å². The van der Waals surface area contributed by atoms with E-state index in [1.807, 2.05) is 0 Å². The zero-order valence-electron chi connectivity index (χ0n) is 9.13. The van der Waals surface area contributed by atoms with Gasteiger partial charge in [0.25, 0.3) is 0 Å². The van der Waals surface area contributed by atoms with Crippen molar-refractivity contribution in [3.05, 3.63) is 35.1 Å². The van der Waals surface area contributed by atoms with Crippen LogP contribution in [0, 0.1) is 5.82 Å². The third-order valence-electron chi connectivity index (χ3n) is 2.13. The summed E-state index contributed by atoms with van der Waals surface area (Å²) in [5.74, 6) is -1.12. The minimum atomic E-state index is -0.597. The summed E-state index contributed by atoms with van der Waals surface area (Å²) in [5.41, 5.74) is 0.970. The molecule has 0 amide bonds. The summed E-state index contributed by atoms with van der Waals surface area (Å²) < 4.78 is 18.1. The molecule has 0 spiro atoms. The third kappa shape index (κ3) is 3.59. The quantitative estimate of drug-likeness (QED) is 0.614. The molecule has 1 aromatic rings. The molecule has 0 saturated carbocycles. The number of alkyl halides is 1. The highest BCUT2D eigenvalue weighted by molar-refractivity contribution is 9.09. The first-order valence-electron chi connectivity index (χ1n) is 5.20. The van der Waals surface area contributed by atoms with Gasteiger partial charge in [-0.3, -0.25) is 0 Å². The molecule has 0 aliphatic rings. The number of rotatable bonds is 5. The number of carbonyl (C=O) groups excluding carboxylic acids is 1. The van der Waals surface area contributed by atoms with Crippen LogP contribution in [0.25, 0.3) is 0 Å². The van der Waals surface area contributed by atoms with Crippen LogP contribution in [0.1, 0.15) is 29.3 Å². The molecule has 0 fully saturated rings. The predicted octanol–water partition coefficient (Wildman–Crippen LogP) is 3.33. The lowest BCUT2D eigenvalue weighted by Crippen LogP contribution is -2.08. The first-order chi connectivity index (χ1) is 7.69. The second-order valence-electron chi connectivity index (χ2n) is 3.33. The number of ether oxygens (including phenoxy) is 1. The molecule has 88 valence electrons. The topological polar surface area (TPSA) is 26.3 Å². The number of benzene rings is 1. The van der Waals surface area contributed by atoms with Crippen LogP contribution in [0.15, 0.2) is 18.2 Å². The second kappa shape index (κ2) is 6.63. The number of carbonyl (C=O) groups is 1. The molecule has 1 rings (SSSR count). The fourth-order valence-corrected chi connectivity index (χ4v) is 1.64. The summed E-state index contributed by atoms with van der Waals surface area (Å²) >= 11 is 3.33. The molecule has 0 unspecified atom stereocenters. The van der Waals surface area contributed by atoms with Gasteiger partial charge < -0.3 is 4.74 Å². The van der Waals surface area contributed by atoms with Crippen LogP contribution < -0.4 is 0 Å². The Bertz CT molecular complexity index is 366. The zero-order chi connectivity index (χ0) is 12.0. The lowest BCUT2D eigenvalue weighted by atomic mass is 10.1. The Morgan fingerprint density at radius 2 is 2.25 bits per heavy atom. The van der Waals surface area contributed by atoms with Crippen LogP contribution in [0.5, 0.6) is 0 Å². The molecule has 0 bridgehead atoms. The summed E-state index contributed by atoms with van der Waals surface area (Å²) in [7, 11) is 0. The monoisotopic (exact) mass is 288 g/mol. The van der Waals surface area contributed by atoms with Crippen molar-refractivity contribution in [3.8, 4) is 0 Å². The molecule has 1 aromatic carbocycles. The molecule has 0 aliphatic heterocycles. The Morgan fingerprint density at radius 3 is 2.88 bits per heavy atom. The number of esters is 1. The Morgan fingerprint density at radius 1 is 1.50 bits per heavy atom. The van der Waals surface area contributed by atoms with Crippen LogP contribution in [-0.2, 0) is 11.2 Å². The lowest BCUT2D eigenvalue weighted by Gasteiger charge is -2.05. The van der Waals surface area contributed by atoms with Gasteiger partial charge in [0.15, 0.2) is 0 Å². The maximum Gasteiger partial charge on any atom is 0.341 e. The smallest absolute Gasteiger partial charge is 0.341 e. The average Bonchev–Trinajstić information content (AvgIpc) is 2.28. The molecule has 16 heavy (non-hydrogen) atoms. The summed E-state index contributed by atoms with van der Waals surface area (Å²) in [6.45, 7) is 1.95. The number of halogens is 2. The standard InChI is InChI=1S/C12H14BrFO2/c1-2-16-12(15)10-8-9(4-3-7-13)5-6-11(10)14/h5-6,8H,2-4,7H2,1H3. The number of hydrogen-bond donors (Lipinski definition) is 0. The van der Waals surface area contributed by atoms with Crippen molar-refractivity contribution in [1.82, 2.24) is 0 Å². The third-order valence-corrected chi connectivity index (χ3v) is 2.69.